The van der Waals surface area contributed by atoms with E-state index in [1.165, 1.54) is 0 Å². The van der Waals surface area contributed by atoms with Gasteiger partial charge >= 0.3 is 0 Å². The smallest absolute Gasteiger partial charge is 0.261 e. The zero-order valence-electron chi connectivity index (χ0n) is 20.3. The van der Waals surface area contributed by atoms with Crippen LogP contribution in [0.5, 0.6) is 5.75 Å². The van der Waals surface area contributed by atoms with E-state index in [0.29, 0.717) is 27.2 Å². The van der Waals surface area contributed by atoms with E-state index in [1.807, 2.05) is 42.5 Å². The van der Waals surface area contributed by atoms with E-state index < -0.39 is 6.04 Å². The maximum atomic E-state index is 13.7. The van der Waals surface area contributed by atoms with E-state index in [9.17, 15) is 9.59 Å². The zero-order chi connectivity index (χ0) is 26.2. The van der Waals surface area contributed by atoms with Crippen LogP contribution in [0, 0.1) is 0 Å². The van der Waals surface area contributed by atoms with Crippen molar-refractivity contribution in [3.63, 3.8) is 0 Å². The Labute approximate surface area is 232 Å². The first-order valence-corrected chi connectivity index (χ1v) is 13.5. The molecule has 8 heteroatoms. The number of halogens is 3. The van der Waals surface area contributed by atoms with Gasteiger partial charge in [-0.3, -0.25) is 9.59 Å². The van der Waals surface area contributed by atoms with Gasteiger partial charge in [0, 0.05) is 29.1 Å². The molecule has 0 radical (unpaired) electrons. The fourth-order valence-electron chi connectivity index (χ4n) is 4.52. The number of ether oxygens (including phenoxy) is 1. The molecule has 1 fully saturated rings. The maximum Gasteiger partial charge on any atom is 0.261 e. The second-order valence-electron chi connectivity index (χ2n) is 9.21. The van der Waals surface area contributed by atoms with Gasteiger partial charge in [-0.2, -0.15) is 0 Å². The molecule has 0 saturated heterocycles. The van der Waals surface area contributed by atoms with E-state index in [1.54, 1.807) is 35.2 Å². The third kappa shape index (κ3) is 7.88. The van der Waals surface area contributed by atoms with Crippen LogP contribution >= 0.6 is 34.8 Å². The molecule has 1 aliphatic rings. The fourth-order valence-corrected chi connectivity index (χ4v) is 5.11. The number of nitrogens with zero attached hydrogens (tertiary/aromatic N) is 1. The molecule has 3 aromatic rings. The van der Waals surface area contributed by atoms with Crippen LogP contribution in [-0.2, 0) is 22.6 Å². The second kappa shape index (κ2) is 13.2. The molecule has 1 aliphatic carbocycles. The normalized spacial score (nSPS) is 14.2. The quantitative estimate of drug-likeness (QED) is 0.300. The molecular formula is C29H29Cl3N2O3. The van der Waals surface area contributed by atoms with E-state index in [2.05, 4.69) is 5.32 Å². The van der Waals surface area contributed by atoms with Gasteiger partial charge in [-0.15, -0.1) is 0 Å². The molecule has 0 bridgehead atoms. The van der Waals surface area contributed by atoms with Gasteiger partial charge in [-0.1, -0.05) is 90.1 Å². The predicted octanol–water partition coefficient (Wildman–Crippen LogP) is 6.72. The van der Waals surface area contributed by atoms with Crippen LogP contribution in [0.15, 0.2) is 72.8 Å². The Morgan fingerprint density at radius 1 is 0.892 bits per heavy atom. The fraction of sp³-hybridized carbons (Fsp3) is 0.310. The summed E-state index contributed by atoms with van der Waals surface area (Å²) in [7, 11) is 0. The van der Waals surface area contributed by atoms with E-state index in [4.69, 9.17) is 39.5 Å². The molecular weight excluding hydrogens is 531 g/mol. The van der Waals surface area contributed by atoms with E-state index in [-0.39, 0.29) is 31.0 Å². The van der Waals surface area contributed by atoms with Crippen molar-refractivity contribution in [1.29, 1.82) is 0 Å². The molecule has 0 aliphatic heterocycles. The summed E-state index contributed by atoms with van der Waals surface area (Å²) in [5.41, 5.74) is 1.82. The minimum Gasteiger partial charge on any atom is -0.482 e. The lowest BCUT2D eigenvalue weighted by Crippen LogP contribution is -2.53. The number of hydrogen-bond acceptors (Lipinski definition) is 3. The first-order valence-electron chi connectivity index (χ1n) is 12.3. The summed E-state index contributed by atoms with van der Waals surface area (Å²) in [4.78, 5) is 28.9. The topological polar surface area (TPSA) is 58.6 Å². The van der Waals surface area contributed by atoms with Gasteiger partial charge in [0.2, 0.25) is 5.91 Å². The molecule has 194 valence electrons. The van der Waals surface area contributed by atoms with Crippen molar-refractivity contribution in [3.05, 3.63) is 99.0 Å². The average molecular weight is 560 g/mol. The van der Waals surface area contributed by atoms with Gasteiger partial charge < -0.3 is 15.0 Å². The van der Waals surface area contributed by atoms with Gasteiger partial charge in [0.15, 0.2) is 6.61 Å². The lowest BCUT2D eigenvalue weighted by atomic mass is 10.0. The summed E-state index contributed by atoms with van der Waals surface area (Å²) in [5.74, 6) is -0.146. The summed E-state index contributed by atoms with van der Waals surface area (Å²) >= 11 is 18.3. The first kappa shape index (κ1) is 27.3. The van der Waals surface area contributed by atoms with Crippen molar-refractivity contribution in [1.82, 2.24) is 10.2 Å². The van der Waals surface area contributed by atoms with Crippen LogP contribution in [-0.4, -0.2) is 35.4 Å². The van der Waals surface area contributed by atoms with Crippen LogP contribution < -0.4 is 10.1 Å². The minimum absolute atomic E-state index is 0.127. The molecule has 5 nitrogen and oxygen atoms in total. The number of hydrogen-bond donors (Lipinski definition) is 1. The van der Waals surface area contributed by atoms with Crippen molar-refractivity contribution in [2.75, 3.05) is 6.61 Å². The van der Waals surface area contributed by atoms with Gasteiger partial charge in [-0.05, 0) is 54.3 Å². The Balaban J connectivity index is 1.61. The summed E-state index contributed by atoms with van der Waals surface area (Å²) in [6, 6.07) is 21.2. The predicted molar refractivity (Wildman–Crippen MR) is 148 cm³/mol. The molecule has 2 amide bonds. The Bertz CT molecular complexity index is 1200. The van der Waals surface area contributed by atoms with Crippen LogP contribution in [0.1, 0.15) is 36.8 Å². The molecule has 3 aromatic carbocycles. The largest absolute Gasteiger partial charge is 0.482 e. The van der Waals surface area contributed by atoms with Gasteiger partial charge in [-0.25, -0.2) is 0 Å². The third-order valence-corrected chi connectivity index (χ3v) is 7.27. The maximum absolute atomic E-state index is 13.7. The highest BCUT2D eigenvalue weighted by molar-refractivity contribution is 6.35. The number of amides is 2. The molecule has 1 atom stereocenters. The van der Waals surface area contributed by atoms with Gasteiger partial charge in [0.25, 0.3) is 5.91 Å². The summed E-state index contributed by atoms with van der Waals surface area (Å²) in [5, 5.41) is 4.57. The Morgan fingerprint density at radius 2 is 1.57 bits per heavy atom. The molecule has 0 heterocycles. The molecule has 37 heavy (non-hydrogen) atoms. The van der Waals surface area contributed by atoms with Crippen molar-refractivity contribution in [3.8, 4) is 5.75 Å². The average Bonchev–Trinajstić information content (AvgIpc) is 3.40. The van der Waals surface area contributed by atoms with Crippen LogP contribution in [0.2, 0.25) is 15.1 Å². The molecule has 0 unspecified atom stereocenters. The number of nitrogens with one attached hydrogen (secondary N) is 1. The van der Waals surface area contributed by atoms with Crippen LogP contribution in [0.25, 0.3) is 0 Å². The third-order valence-electron chi connectivity index (χ3n) is 6.48. The second-order valence-corrected chi connectivity index (χ2v) is 10.5. The molecule has 0 spiro atoms. The number of benzene rings is 3. The Morgan fingerprint density at radius 3 is 2.24 bits per heavy atom. The first-order chi connectivity index (χ1) is 17.9. The standard InChI is InChI=1S/C29H29Cl3N2O3/c30-22-12-10-21(11-13-22)18-34(28(35)19-37-27-15-14-23(31)17-25(27)32)26(16-20-6-2-1-3-7-20)29(36)33-24-8-4-5-9-24/h1-3,6-7,10-15,17,24,26H,4-5,8-9,16,18-19H2,(H,33,36)/t26-/m1/s1. The monoisotopic (exact) mass is 558 g/mol. The van der Waals surface area contributed by atoms with Crippen LogP contribution in [0.4, 0.5) is 0 Å². The van der Waals surface area contributed by atoms with Crippen molar-refractivity contribution < 1.29 is 14.3 Å². The van der Waals surface area contributed by atoms with Gasteiger partial charge in [0.05, 0.1) is 5.02 Å². The highest BCUT2D eigenvalue weighted by Gasteiger charge is 2.32. The Hall–Kier alpha value is -2.73. The number of carbonyl (C=O) groups is 2. The van der Waals surface area contributed by atoms with Gasteiger partial charge in [0.1, 0.15) is 11.8 Å². The summed E-state index contributed by atoms with van der Waals surface area (Å²) in [6.07, 6.45) is 4.47. The van der Waals surface area contributed by atoms with Crippen molar-refractivity contribution in [2.24, 2.45) is 0 Å². The lowest BCUT2D eigenvalue weighted by molar-refractivity contribution is -0.143. The van der Waals surface area contributed by atoms with Crippen LogP contribution in [0.3, 0.4) is 0 Å². The summed E-state index contributed by atoms with van der Waals surface area (Å²) in [6.45, 7) is -0.0553. The number of carbonyl (C=O) groups excluding carboxylic acids is 2. The van der Waals surface area contributed by atoms with Crippen molar-refractivity contribution in [2.45, 2.75) is 50.7 Å². The molecule has 1 saturated carbocycles. The molecule has 1 N–H and O–H groups in total. The highest BCUT2D eigenvalue weighted by Crippen LogP contribution is 2.28. The van der Waals surface area contributed by atoms with Crippen molar-refractivity contribution >= 4 is 46.6 Å². The lowest BCUT2D eigenvalue weighted by Gasteiger charge is -2.32. The Kier molecular flexibility index (Phi) is 9.73. The summed E-state index contributed by atoms with van der Waals surface area (Å²) < 4.78 is 5.77. The highest BCUT2D eigenvalue weighted by atomic mass is 35.5. The molecule has 4 rings (SSSR count). The van der Waals surface area contributed by atoms with E-state index in [0.717, 1.165) is 36.8 Å². The zero-order valence-corrected chi connectivity index (χ0v) is 22.6. The SMILES string of the molecule is O=C(NC1CCCC1)[C@@H](Cc1ccccc1)N(Cc1ccc(Cl)cc1)C(=O)COc1ccc(Cl)cc1Cl. The molecule has 0 aromatic heterocycles. The number of rotatable bonds is 10. The minimum atomic E-state index is -0.726. The van der Waals surface area contributed by atoms with E-state index >= 15 is 0 Å².